The number of hydrogen-bond donors (Lipinski definition) is 4. The number of hydrogen-bond acceptors (Lipinski definition) is 4. The molecule has 0 aliphatic carbocycles. The second-order valence-electron chi connectivity index (χ2n) is 5.60. The largest absolute Gasteiger partial charge is 0.504 e. The molecule has 25 heavy (non-hydrogen) atoms. The molecule has 2 aromatic carbocycles. The van der Waals surface area contributed by atoms with Crippen LogP contribution in [0.2, 0.25) is 5.02 Å². The molecule has 0 spiro atoms. The van der Waals surface area contributed by atoms with E-state index in [-0.39, 0.29) is 30.9 Å². The first-order valence-corrected chi connectivity index (χ1v) is 8.16. The molecule has 134 valence electrons. The van der Waals surface area contributed by atoms with Gasteiger partial charge in [-0.2, -0.15) is 0 Å². The predicted octanol–water partition coefficient (Wildman–Crippen LogP) is 3.03. The van der Waals surface area contributed by atoms with Crippen molar-refractivity contribution in [2.24, 2.45) is 5.92 Å². The number of phenolic OH excluding ortho intramolecular Hbond substituents is 1. The van der Waals surface area contributed by atoms with Gasteiger partial charge in [0, 0.05) is 29.8 Å². The molecule has 6 nitrogen and oxygen atoms in total. The number of phenols is 1. The lowest BCUT2D eigenvalue weighted by atomic mass is 9.99. The molecule has 4 N–H and O–H groups in total. The Bertz CT molecular complexity index is 724. The van der Waals surface area contributed by atoms with E-state index in [1.54, 1.807) is 36.4 Å². The van der Waals surface area contributed by atoms with Crippen molar-refractivity contribution in [3.8, 4) is 11.5 Å². The number of rotatable bonds is 7. The summed E-state index contributed by atoms with van der Waals surface area (Å²) in [6, 6.07) is 11.5. The third-order valence-corrected chi connectivity index (χ3v) is 3.89. The Labute approximate surface area is 151 Å². The van der Waals surface area contributed by atoms with Crippen molar-refractivity contribution in [1.29, 1.82) is 0 Å². The molecule has 0 radical (unpaired) electrons. The maximum absolute atomic E-state index is 11.9. The number of nitrogens with one attached hydrogen (secondary N) is 2. The quantitative estimate of drug-likeness (QED) is 0.607. The number of ether oxygens (including phenoxy) is 1. The highest BCUT2D eigenvalue weighted by Crippen LogP contribution is 2.27. The number of aliphatic hydroxyl groups excluding tert-OH is 1. The number of anilines is 1. The van der Waals surface area contributed by atoms with Gasteiger partial charge in [0.2, 0.25) is 0 Å². The van der Waals surface area contributed by atoms with Gasteiger partial charge in [-0.05, 0) is 42.3 Å². The summed E-state index contributed by atoms with van der Waals surface area (Å²) in [6.07, 6.45) is 0.505. The smallest absolute Gasteiger partial charge is 0.319 e. The summed E-state index contributed by atoms with van der Waals surface area (Å²) in [6.45, 7) is 0.194. The molecule has 2 rings (SSSR count). The summed E-state index contributed by atoms with van der Waals surface area (Å²) < 4.78 is 5.00. The highest BCUT2D eigenvalue weighted by molar-refractivity contribution is 6.30. The van der Waals surface area contributed by atoms with Crippen molar-refractivity contribution < 1.29 is 19.7 Å². The van der Waals surface area contributed by atoms with Crippen LogP contribution in [0.25, 0.3) is 0 Å². The summed E-state index contributed by atoms with van der Waals surface area (Å²) in [5.41, 5.74) is 1.43. The van der Waals surface area contributed by atoms with Crippen LogP contribution in [0.15, 0.2) is 42.5 Å². The van der Waals surface area contributed by atoms with Crippen LogP contribution in [-0.2, 0) is 6.42 Å². The predicted molar refractivity (Wildman–Crippen MR) is 97.4 cm³/mol. The SMILES string of the molecule is COc1ccc(C[C@H](CO)CNC(=O)Nc2cccc(Cl)c2)cc1O. The number of halogens is 1. The monoisotopic (exact) mass is 364 g/mol. The second-order valence-corrected chi connectivity index (χ2v) is 6.04. The topological polar surface area (TPSA) is 90.8 Å². The Kier molecular flexibility index (Phi) is 6.91. The fraction of sp³-hybridized carbons (Fsp3) is 0.278. The minimum atomic E-state index is -0.377. The first kappa shape index (κ1) is 18.9. The molecule has 0 bridgehead atoms. The molecule has 2 aromatic rings. The molecular weight excluding hydrogens is 344 g/mol. The lowest BCUT2D eigenvalue weighted by Gasteiger charge is -2.16. The average molecular weight is 365 g/mol. The molecule has 0 aromatic heterocycles. The Morgan fingerprint density at radius 1 is 1.28 bits per heavy atom. The molecule has 2 amide bonds. The normalized spacial score (nSPS) is 11.6. The molecule has 1 atom stereocenters. The first-order valence-electron chi connectivity index (χ1n) is 7.79. The van der Waals surface area contributed by atoms with Gasteiger partial charge in [0.15, 0.2) is 11.5 Å². The Morgan fingerprint density at radius 3 is 2.72 bits per heavy atom. The molecular formula is C18H21ClN2O4. The van der Waals surface area contributed by atoms with Crippen molar-refractivity contribution in [3.63, 3.8) is 0 Å². The van der Waals surface area contributed by atoms with Gasteiger partial charge >= 0.3 is 6.03 Å². The Hall–Kier alpha value is -2.44. The lowest BCUT2D eigenvalue weighted by Crippen LogP contribution is -2.34. The number of carbonyl (C=O) groups is 1. The van der Waals surface area contributed by atoms with E-state index in [0.29, 0.717) is 22.9 Å². The van der Waals surface area contributed by atoms with Crippen LogP contribution < -0.4 is 15.4 Å². The fourth-order valence-electron chi connectivity index (χ4n) is 2.38. The van der Waals surface area contributed by atoms with Crippen molar-refractivity contribution in [1.82, 2.24) is 5.32 Å². The number of aromatic hydroxyl groups is 1. The Morgan fingerprint density at radius 2 is 2.08 bits per heavy atom. The number of methoxy groups -OCH3 is 1. The summed E-state index contributed by atoms with van der Waals surface area (Å²) in [7, 11) is 1.48. The highest BCUT2D eigenvalue weighted by atomic mass is 35.5. The van der Waals surface area contributed by atoms with Gasteiger partial charge in [-0.15, -0.1) is 0 Å². The van der Waals surface area contributed by atoms with Crippen LogP contribution in [0.1, 0.15) is 5.56 Å². The fourth-order valence-corrected chi connectivity index (χ4v) is 2.57. The summed E-state index contributed by atoms with van der Waals surface area (Å²) in [5, 5.41) is 25.3. The van der Waals surface area contributed by atoms with E-state index in [9.17, 15) is 15.0 Å². The van der Waals surface area contributed by atoms with Crippen molar-refractivity contribution >= 4 is 23.3 Å². The summed E-state index contributed by atoms with van der Waals surface area (Å²) >= 11 is 5.87. The third kappa shape index (κ3) is 5.85. The highest BCUT2D eigenvalue weighted by Gasteiger charge is 2.12. The number of benzene rings is 2. The van der Waals surface area contributed by atoms with Crippen LogP contribution in [0.5, 0.6) is 11.5 Å². The van der Waals surface area contributed by atoms with Crippen LogP contribution in [-0.4, -0.2) is 36.5 Å². The maximum atomic E-state index is 11.9. The number of urea groups is 1. The van der Waals surface area contributed by atoms with Crippen LogP contribution in [0, 0.1) is 5.92 Å². The summed E-state index contributed by atoms with van der Waals surface area (Å²) in [5.74, 6) is 0.254. The Balaban J connectivity index is 1.87. The zero-order valence-corrected chi connectivity index (χ0v) is 14.6. The van der Waals surface area contributed by atoms with Crippen molar-refractivity contribution in [2.45, 2.75) is 6.42 Å². The van der Waals surface area contributed by atoms with E-state index in [0.717, 1.165) is 5.56 Å². The van der Waals surface area contributed by atoms with E-state index in [1.807, 2.05) is 6.07 Å². The van der Waals surface area contributed by atoms with Crippen molar-refractivity contribution in [3.05, 3.63) is 53.1 Å². The van der Waals surface area contributed by atoms with Gasteiger partial charge in [-0.25, -0.2) is 4.79 Å². The van der Waals surface area contributed by atoms with Crippen LogP contribution in [0.3, 0.4) is 0 Å². The molecule has 0 fully saturated rings. The van der Waals surface area contributed by atoms with E-state index < -0.39 is 0 Å². The first-order chi connectivity index (χ1) is 12.0. The second kappa shape index (κ2) is 9.15. The average Bonchev–Trinajstić information content (AvgIpc) is 2.58. The summed E-state index contributed by atoms with van der Waals surface area (Å²) in [4.78, 5) is 11.9. The molecule has 0 saturated heterocycles. The number of aliphatic hydroxyl groups is 1. The molecule has 0 aliphatic rings. The van der Waals surface area contributed by atoms with Crippen molar-refractivity contribution in [2.75, 3.05) is 25.6 Å². The molecule has 0 aliphatic heterocycles. The van der Waals surface area contributed by atoms with Gasteiger partial charge < -0.3 is 25.6 Å². The lowest BCUT2D eigenvalue weighted by molar-refractivity contribution is 0.218. The zero-order chi connectivity index (χ0) is 18.2. The van der Waals surface area contributed by atoms with Crippen LogP contribution >= 0.6 is 11.6 Å². The standard InChI is InChI=1S/C18H21ClN2O4/c1-25-17-6-5-12(8-16(17)23)7-13(11-22)10-20-18(24)21-15-4-2-3-14(19)9-15/h2-6,8-9,13,22-23H,7,10-11H2,1H3,(H2,20,21,24)/t13-/m0/s1. The minimum Gasteiger partial charge on any atom is -0.504 e. The van der Waals surface area contributed by atoms with Gasteiger partial charge in [-0.1, -0.05) is 23.7 Å². The molecule has 0 saturated carbocycles. The third-order valence-electron chi connectivity index (χ3n) is 3.66. The van der Waals surface area contributed by atoms with Gasteiger partial charge in [0.25, 0.3) is 0 Å². The van der Waals surface area contributed by atoms with Gasteiger partial charge in [0.05, 0.1) is 7.11 Å². The number of carbonyl (C=O) groups excluding carboxylic acids is 1. The molecule has 7 heteroatoms. The number of amides is 2. The minimum absolute atomic E-state index is 0.0448. The molecule has 0 unspecified atom stereocenters. The van der Waals surface area contributed by atoms with E-state index in [1.165, 1.54) is 7.11 Å². The van der Waals surface area contributed by atoms with E-state index >= 15 is 0 Å². The van der Waals surface area contributed by atoms with E-state index in [4.69, 9.17) is 16.3 Å². The zero-order valence-electron chi connectivity index (χ0n) is 13.8. The molecule has 0 heterocycles. The van der Waals surface area contributed by atoms with Crippen LogP contribution in [0.4, 0.5) is 10.5 Å². The van der Waals surface area contributed by atoms with Gasteiger partial charge in [-0.3, -0.25) is 0 Å². The maximum Gasteiger partial charge on any atom is 0.319 e. The van der Waals surface area contributed by atoms with Gasteiger partial charge in [0.1, 0.15) is 0 Å². The van der Waals surface area contributed by atoms with E-state index in [2.05, 4.69) is 10.6 Å².